The van der Waals surface area contributed by atoms with E-state index in [2.05, 4.69) is 0 Å². The molecule has 0 aromatic heterocycles. The first-order valence-electron chi connectivity index (χ1n) is 7.38. The maximum atomic E-state index is 12.3. The molecule has 2 aliphatic heterocycles. The van der Waals surface area contributed by atoms with Crippen LogP contribution in [0.25, 0.3) is 0 Å². The van der Waals surface area contributed by atoms with Gasteiger partial charge in [-0.2, -0.15) is 0 Å². The first kappa shape index (κ1) is 15.8. The van der Waals surface area contributed by atoms with Crippen molar-refractivity contribution < 1.29 is 19.1 Å². The van der Waals surface area contributed by atoms with Crippen molar-refractivity contribution in [2.24, 2.45) is 0 Å². The number of likely N-dealkylation sites (tertiary alicyclic amines) is 1. The lowest BCUT2D eigenvalue weighted by Gasteiger charge is -2.35. The summed E-state index contributed by atoms with van der Waals surface area (Å²) in [6.07, 6.45) is 1.66. The Morgan fingerprint density at radius 3 is 2.24 bits per heavy atom. The molecule has 0 N–H and O–H groups in total. The molecule has 7 heteroatoms. The Bertz CT molecular complexity index is 418. The summed E-state index contributed by atoms with van der Waals surface area (Å²) in [4.78, 5) is 40.7. The number of rotatable bonds is 3. The highest BCUT2D eigenvalue weighted by molar-refractivity contribution is 5.81. The van der Waals surface area contributed by atoms with Crippen LogP contribution in [0.4, 0.5) is 0 Å². The number of carbonyl (C=O) groups is 3. The van der Waals surface area contributed by atoms with Gasteiger partial charge in [-0.15, -0.1) is 0 Å². The number of hydrogen-bond acceptors (Lipinski definition) is 5. The van der Waals surface area contributed by atoms with Gasteiger partial charge in [-0.3, -0.25) is 19.3 Å². The van der Waals surface area contributed by atoms with E-state index in [-0.39, 0.29) is 30.4 Å². The van der Waals surface area contributed by atoms with E-state index >= 15 is 0 Å². The van der Waals surface area contributed by atoms with E-state index in [1.165, 1.54) is 7.11 Å². The van der Waals surface area contributed by atoms with Crippen molar-refractivity contribution in [3.8, 4) is 0 Å². The van der Waals surface area contributed by atoms with Gasteiger partial charge in [0.15, 0.2) is 0 Å². The van der Waals surface area contributed by atoms with E-state index in [4.69, 9.17) is 4.74 Å². The van der Waals surface area contributed by atoms with Crippen molar-refractivity contribution in [2.45, 2.75) is 25.8 Å². The van der Waals surface area contributed by atoms with E-state index in [9.17, 15) is 14.4 Å². The maximum Gasteiger partial charge on any atom is 0.323 e. The molecule has 118 valence electrons. The predicted molar refractivity (Wildman–Crippen MR) is 75.4 cm³/mol. The molecular weight excluding hydrogens is 274 g/mol. The SMILES string of the molecule is COC(=O)C1CCCN1CC(=O)N1CCN(C(C)=O)CC1. The molecule has 0 spiro atoms. The molecule has 2 aliphatic rings. The molecule has 0 saturated carbocycles. The Balaban J connectivity index is 1.84. The summed E-state index contributed by atoms with van der Waals surface area (Å²) in [5.41, 5.74) is 0. The van der Waals surface area contributed by atoms with Crippen molar-refractivity contribution in [3.63, 3.8) is 0 Å². The zero-order valence-corrected chi connectivity index (χ0v) is 12.7. The third-order valence-corrected chi connectivity index (χ3v) is 4.25. The van der Waals surface area contributed by atoms with Crippen LogP contribution in [0.5, 0.6) is 0 Å². The fraction of sp³-hybridized carbons (Fsp3) is 0.786. The Hall–Kier alpha value is -1.63. The van der Waals surface area contributed by atoms with E-state index < -0.39 is 0 Å². The van der Waals surface area contributed by atoms with Gasteiger partial charge in [0.25, 0.3) is 0 Å². The van der Waals surface area contributed by atoms with Crippen LogP contribution in [-0.4, -0.2) is 84.9 Å². The minimum absolute atomic E-state index is 0.0222. The summed E-state index contributed by atoms with van der Waals surface area (Å²) in [6.45, 7) is 4.84. The number of nitrogens with zero attached hydrogens (tertiary/aromatic N) is 3. The molecule has 21 heavy (non-hydrogen) atoms. The summed E-state index contributed by atoms with van der Waals surface area (Å²) in [7, 11) is 1.38. The normalized spacial score (nSPS) is 23.2. The van der Waals surface area contributed by atoms with Crippen molar-refractivity contribution in [1.29, 1.82) is 0 Å². The third-order valence-electron chi connectivity index (χ3n) is 4.25. The molecule has 1 unspecified atom stereocenters. The third kappa shape index (κ3) is 3.72. The number of methoxy groups -OCH3 is 1. The predicted octanol–water partition coefficient (Wildman–Crippen LogP) is -0.685. The quantitative estimate of drug-likeness (QED) is 0.645. The van der Waals surface area contributed by atoms with Gasteiger partial charge in [0.1, 0.15) is 6.04 Å². The fourth-order valence-corrected chi connectivity index (χ4v) is 2.96. The Kier molecular flexibility index (Phi) is 5.17. The lowest BCUT2D eigenvalue weighted by Crippen LogP contribution is -2.53. The number of piperazine rings is 1. The molecular formula is C14H23N3O4. The molecule has 2 rings (SSSR count). The second-order valence-corrected chi connectivity index (χ2v) is 5.54. The molecule has 2 fully saturated rings. The van der Waals surface area contributed by atoms with Crippen LogP contribution in [0.1, 0.15) is 19.8 Å². The first-order valence-corrected chi connectivity index (χ1v) is 7.38. The molecule has 0 aromatic rings. The van der Waals surface area contributed by atoms with Crippen LogP contribution in [0.3, 0.4) is 0 Å². The largest absolute Gasteiger partial charge is 0.468 e. The van der Waals surface area contributed by atoms with Crippen molar-refractivity contribution >= 4 is 17.8 Å². The Morgan fingerprint density at radius 1 is 1.05 bits per heavy atom. The number of carbonyl (C=O) groups excluding carboxylic acids is 3. The van der Waals surface area contributed by atoms with Gasteiger partial charge < -0.3 is 14.5 Å². The topological polar surface area (TPSA) is 70.2 Å². The highest BCUT2D eigenvalue weighted by Crippen LogP contribution is 2.18. The molecule has 0 bridgehead atoms. The average molecular weight is 297 g/mol. The van der Waals surface area contributed by atoms with Crippen LogP contribution in [0.2, 0.25) is 0 Å². The molecule has 2 saturated heterocycles. The summed E-state index contributed by atoms with van der Waals surface area (Å²) in [6, 6.07) is -0.294. The van der Waals surface area contributed by atoms with Crippen LogP contribution in [-0.2, 0) is 19.1 Å². The van der Waals surface area contributed by atoms with Crippen molar-refractivity contribution in [1.82, 2.24) is 14.7 Å². The van der Waals surface area contributed by atoms with Crippen LogP contribution < -0.4 is 0 Å². The fourth-order valence-electron chi connectivity index (χ4n) is 2.96. The van der Waals surface area contributed by atoms with Crippen LogP contribution in [0.15, 0.2) is 0 Å². The van der Waals surface area contributed by atoms with E-state index in [1.807, 2.05) is 4.90 Å². The van der Waals surface area contributed by atoms with Gasteiger partial charge in [0.2, 0.25) is 11.8 Å². The van der Waals surface area contributed by atoms with Crippen LogP contribution in [0, 0.1) is 0 Å². The first-order chi connectivity index (χ1) is 10.0. The smallest absolute Gasteiger partial charge is 0.323 e. The molecule has 0 radical (unpaired) electrons. The van der Waals surface area contributed by atoms with Gasteiger partial charge in [-0.1, -0.05) is 0 Å². The summed E-state index contributed by atoms with van der Waals surface area (Å²) >= 11 is 0. The van der Waals surface area contributed by atoms with Crippen molar-refractivity contribution in [3.05, 3.63) is 0 Å². The van der Waals surface area contributed by atoms with E-state index in [0.717, 1.165) is 19.4 Å². The standard InChI is InChI=1S/C14H23N3O4/c1-11(18)15-6-8-16(9-7-15)13(19)10-17-5-3-4-12(17)14(20)21-2/h12H,3-10H2,1-2H3. The second-order valence-electron chi connectivity index (χ2n) is 5.54. The van der Waals surface area contributed by atoms with E-state index in [1.54, 1.807) is 16.7 Å². The molecule has 0 aromatic carbocycles. The minimum atomic E-state index is -0.294. The molecule has 7 nitrogen and oxygen atoms in total. The monoisotopic (exact) mass is 297 g/mol. The molecule has 2 amide bonds. The minimum Gasteiger partial charge on any atom is -0.468 e. The van der Waals surface area contributed by atoms with Gasteiger partial charge in [-0.25, -0.2) is 0 Å². The Labute approximate surface area is 124 Å². The second kappa shape index (κ2) is 6.89. The lowest BCUT2D eigenvalue weighted by atomic mass is 10.2. The van der Waals surface area contributed by atoms with E-state index in [0.29, 0.717) is 26.2 Å². The maximum absolute atomic E-state index is 12.3. The number of esters is 1. The van der Waals surface area contributed by atoms with Gasteiger partial charge in [0.05, 0.1) is 13.7 Å². The molecule has 2 heterocycles. The van der Waals surface area contributed by atoms with Crippen LogP contribution >= 0.6 is 0 Å². The summed E-state index contributed by atoms with van der Waals surface area (Å²) < 4.78 is 4.78. The molecule has 1 atom stereocenters. The van der Waals surface area contributed by atoms with Gasteiger partial charge in [0, 0.05) is 33.1 Å². The zero-order chi connectivity index (χ0) is 15.4. The summed E-state index contributed by atoms with van der Waals surface area (Å²) in [5, 5.41) is 0. The highest BCUT2D eigenvalue weighted by Gasteiger charge is 2.34. The van der Waals surface area contributed by atoms with Gasteiger partial charge in [-0.05, 0) is 19.4 Å². The summed E-state index contributed by atoms with van der Waals surface area (Å²) in [5.74, 6) is -0.192. The van der Waals surface area contributed by atoms with Gasteiger partial charge >= 0.3 is 5.97 Å². The highest BCUT2D eigenvalue weighted by atomic mass is 16.5. The van der Waals surface area contributed by atoms with Crippen molar-refractivity contribution in [2.75, 3.05) is 46.4 Å². The lowest BCUT2D eigenvalue weighted by molar-refractivity contribution is -0.147. The Morgan fingerprint density at radius 2 is 1.67 bits per heavy atom. The average Bonchev–Trinajstić information content (AvgIpc) is 2.94. The number of hydrogen-bond donors (Lipinski definition) is 0. The molecule has 0 aliphatic carbocycles. The number of ether oxygens (including phenoxy) is 1. The zero-order valence-electron chi connectivity index (χ0n) is 12.7. The number of amides is 2.